The number of hydrogen-bond donors (Lipinski definition) is 1. The van der Waals surface area contributed by atoms with Gasteiger partial charge >= 0.3 is 0 Å². The fourth-order valence-electron chi connectivity index (χ4n) is 3.66. The van der Waals surface area contributed by atoms with Gasteiger partial charge in [0.1, 0.15) is 0 Å². The zero-order valence-corrected chi connectivity index (χ0v) is 15.8. The number of aryl methyl sites for hydroxylation is 1. The van der Waals surface area contributed by atoms with Crippen molar-refractivity contribution < 1.29 is 0 Å². The van der Waals surface area contributed by atoms with Crippen LogP contribution in [0.3, 0.4) is 0 Å². The molecule has 1 saturated heterocycles. The van der Waals surface area contributed by atoms with Crippen LogP contribution in [-0.2, 0) is 19.5 Å². The molecular weight excluding hydrogens is 318 g/mol. The SMILES string of the molecule is CCc1cc(C#N)cc(NCc2cccc(CN3CCCCCC3)c2)c1. The van der Waals surface area contributed by atoms with E-state index >= 15 is 0 Å². The number of nitriles is 1. The number of benzene rings is 2. The molecule has 0 atom stereocenters. The molecule has 0 bridgehead atoms. The quantitative estimate of drug-likeness (QED) is 0.789. The maximum Gasteiger partial charge on any atom is 0.0992 e. The topological polar surface area (TPSA) is 39.1 Å². The van der Waals surface area contributed by atoms with E-state index in [2.05, 4.69) is 53.5 Å². The van der Waals surface area contributed by atoms with Crippen molar-refractivity contribution in [3.05, 3.63) is 64.7 Å². The molecule has 0 aliphatic carbocycles. The molecule has 0 amide bonds. The summed E-state index contributed by atoms with van der Waals surface area (Å²) in [6, 6.07) is 17.2. The maximum atomic E-state index is 9.20. The van der Waals surface area contributed by atoms with Gasteiger partial charge in [-0.25, -0.2) is 0 Å². The van der Waals surface area contributed by atoms with Crippen molar-refractivity contribution >= 4 is 5.69 Å². The summed E-state index contributed by atoms with van der Waals surface area (Å²) in [6.07, 6.45) is 6.35. The molecule has 1 fully saturated rings. The lowest BCUT2D eigenvalue weighted by molar-refractivity contribution is 0.277. The molecular formula is C23H29N3. The van der Waals surface area contributed by atoms with Gasteiger partial charge in [-0.1, -0.05) is 44.0 Å². The predicted molar refractivity (Wildman–Crippen MR) is 108 cm³/mol. The van der Waals surface area contributed by atoms with E-state index in [-0.39, 0.29) is 0 Å². The summed E-state index contributed by atoms with van der Waals surface area (Å²) in [7, 11) is 0. The molecule has 0 unspecified atom stereocenters. The second-order valence-electron chi connectivity index (χ2n) is 7.25. The first-order valence-corrected chi connectivity index (χ1v) is 9.85. The highest BCUT2D eigenvalue weighted by molar-refractivity contribution is 5.52. The molecule has 0 spiro atoms. The van der Waals surface area contributed by atoms with E-state index in [1.54, 1.807) is 0 Å². The maximum absolute atomic E-state index is 9.20. The molecule has 1 heterocycles. The van der Waals surface area contributed by atoms with E-state index < -0.39 is 0 Å². The molecule has 1 aliphatic rings. The van der Waals surface area contributed by atoms with E-state index in [0.29, 0.717) is 0 Å². The van der Waals surface area contributed by atoms with Crippen molar-refractivity contribution in [3.8, 4) is 6.07 Å². The Morgan fingerprint density at radius 1 is 0.962 bits per heavy atom. The van der Waals surface area contributed by atoms with E-state index in [9.17, 15) is 5.26 Å². The Labute approximate surface area is 157 Å². The molecule has 1 aliphatic heterocycles. The lowest BCUT2D eigenvalue weighted by Crippen LogP contribution is -2.24. The highest BCUT2D eigenvalue weighted by Gasteiger charge is 2.09. The van der Waals surface area contributed by atoms with Gasteiger partial charge in [-0.2, -0.15) is 5.26 Å². The van der Waals surface area contributed by atoms with Gasteiger partial charge in [0.05, 0.1) is 11.6 Å². The normalized spacial score (nSPS) is 15.2. The predicted octanol–water partition coefficient (Wildman–Crippen LogP) is 5.11. The first-order chi connectivity index (χ1) is 12.8. The molecule has 3 nitrogen and oxygen atoms in total. The van der Waals surface area contributed by atoms with Crippen molar-refractivity contribution in [2.45, 2.75) is 52.1 Å². The van der Waals surface area contributed by atoms with Gasteiger partial charge in [0.15, 0.2) is 0 Å². The van der Waals surface area contributed by atoms with Gasteiger partial charge in [0.25, 0.3) is 0 Å². The minimum atomic E-state index is 0.724. The van der Waals surface area contributed by atoms with E-state index in [0.717, 1.165) is 30.8 Å². The van der Waals surface area contributed by atoms with Crippen LogP contribution in [0.5, 0.6) is 0 Å². The summed E-state index contributed by atoms with van der Waals surface area (Å²) in [5.41, 5.74) is 5.63. The van der Waals surface area contributed by atoms with Gasteiger partial charge in [-0.05, 0) is 67.2 Å². The Hall–Kier alpha value is -2.31. The van der Waals surface area contributed by atoms with Crippen LogP contribution in [-0.4, -0.2) is 18.0 Å². The number of nitrogens with zero attached hydrogens (tertiary/aromatic N) is 2. The van der Waals surface area contributed by atoms with Crippen LogP contribution in [0, 0.1) is 11.3 Å². The van der Waals surface area contributed by atoms with E-state index in [4.69, 9.17) is 0 Å². The smallest absolute Gasteiger partial charge is 0.0992 e. The number of nitrogens with one attached hydrogen (secondary N) is 1. The van der Waals surface area contributed by atoms with Gasteiger partial charge < -0.3 is 5.32 Å². The van der Waals surface area contributed by atoms with Crippen LogP contribution in [0.15, 0.2) is 42.5 Å². The highest BCUT2D eigenvalue weighted by atomic mass is 15.1. The summed E-state index contributed by atoms with van der Waals surface area (Å²) >= 11 is 0. The van der Waals surface area contributed by atoms with Gasteiger partial charge in [0, 0.05) is 18.8 Å². The number of anilines is 1. The lowest BCUT2D eigenvalue weighted by atomic mass is 10.1. The Balaban J connectivity index is 1.63. The molecule has 0 aromatic heterocycles. The summed E-state index contributed by atoms with van der Waals surface area (Å²) < 4.78 is 0. The standard InChI is InChI=1S/C23H29N3/c1-2-19-12-22(16-24)15-23(14-19)25-17-20-8-7-9-21(13-20)18-26-10-5-3-4-6-11-26/h7-9,12-15,25H,2-6,10-11,17-18H2,1H3. The van der Waals surface area contributed by atoms with Crippen LogP contribution < -0.4 is 5.32 Å². The average Bonchev–Trinajstić information content (AvgIpc) is 2.95. The van der Waals surface area contributed by atoms with Crippen LogP contribution >= 0.6 is 0 Å². The van der Waals surface area contributed by atoms with Crippen molar-refractivity contribution in [2.24, 2.45) is 0 Å². The minimum Gasteiger partial charge on any atom is -0.381 e. The van der Waals surface area contributed by atoms with Crippen LogP contribution in [0.2, 0.25) is 0 Å². The largest absolute Gasteiger partial charge is 0.381 e. The molecule has 0 radical (unpaired) electrons. The molecule has 136 valence electrons. The van der Waals surface area contributed by atoms with E-state index in [1.807, 2.05) is 12.1 Å². The zero-order chi connectivity index (χ0) is 18.2. The van der Waals surface area contributed by atoms with Crippen molar-refractivity contribution in [1.29, 1.82) is 5.26 Å². The molecule has 3 rings (SSSR count). The fourth-order valence-corrected chi connectivity index (χ4v) is 3.66. The van der Waals surface area contributed by atoms with E-state index in [1.165, 1.54) is 55.5 Å². The third kappa shape index (κ3) is 5.34. The van der Waals surface area contributed by atoms with Crippen LogP contribution in [0.1, 0.15) is 54.9 Å². The number of likely N-dealkylation sites (tertiary alicyclic amines) is 1. The molecule has 26 heavy (non-hydrogen) atoms. The summed E-state index contributed by atoms with van der Waals surface area (Å²) in [5, 5.41) is 12.7. The lowest BCUT2D eigenvalue weighted by Gasteiger charge is -2.20. The molecule has 3 heteroatoms. The Kier molecular flexibility index (Phi) is 6.68. The fraction of sp³-hybridized carbons (Fsp3) is 0.435. The minimum absolute atomic E-state index is 0.724. The summed E-state index contributed by atoms with van der Waals surface area (Å²) in [6.45, 7) is 6.41. The van der Waals surface area contributed by atoms with Crippen molar-refractivity contribution in [3.63, 3.8) is 0 Å². The summed E-state index contributed by atoms with van der Waals surface area (Å²) in [4.78, 5) is 2.59. The van der Waals surface area contributed by atoms with Crippen molar-refractivity contribution in [2.75, 3.05) is 18.4 Å². The number of rotatable bonds is 6. The third-order valence-corrected chi connectivity index (χ3v) is 5.12. The van der Waals surface area contributed by atoms with Gasteiger partial charge in [-0.3, -0.25) is 4.90 Å². The monoisotopic (exact) mass is 347 g/mol. The summed E-state index contributed by atoms with van der Waals surface area (Å²) in [5.74, 6) is 0. The second-order valence-corrected chi connectivity index (χ2v) is 7.25. The average molecular weight is 348 g/mol. The third-order valence-electron chi connectivity index (χ3n) is 5.12. The molecule has 2 aromatic carbocycles. The van der Waals surface area contributed by atoms with Crippen LogP contribution in [0.25, 0.3) is 0 Å². The Bertz CT molecular complexity index is 752. The molecule has 0 saturated carbocycles. The Morgan fingerprint density at radius 3 is 2.46 bits per heavy atom. The molecule has 1 N–H and O–H groups in total. The van der Waals surface area contributed by atoms with Crippen LogP contribution in [0.4, 0.5) is 5.69 Å². The first-order valence-electron chi connectivity index (χ1n) is 9.85. The molecule has 2 aromatic rings. The Morgan fingerprint density at radius 2 is 1.73 bits per heavy atom. The number of hydrogen-bond acceptors (Lipinski definition) is 3. The van der Waals surface area contributed by atoms with Gasteiger partial charge in [0.2, 0.25) is 0 Å². The van der Waals surface area contributed by atoms with Crippen molar-refractivity contribution in [1.82, 2.24) is 4.90 Å². The van der Waals surface area contributed by atoms with Gasteiger partial charge in [-0.15, -0.1) is 0 Å². The first kappa shape index (κ1) is 18.5. The highest BCUT2D eigenvalue weighted by Crippen LogP contribution is 2.18. The second kappa shape index (κ2) is 9.40. The zero-order valence-electron chi connectivity index (χ0n) is 15.8.